The van der Waals surface area contributed by atoms with Crippen molar-refractivity contribution in [3.05, 3.63) is 28.6 Å². The summed E-state index contributed by atoms with van der Waals surface area (Å²) in [6.07, 6.45) is 2.26. The van der Waals surface area contributed by atoms with E-state index in [-0.39, 0.29) is 24.0 Å². The van der Waals surface area contributed by atoms with E-state index in [4.69, 9.17) is 9.26 Å². The highest BCUT2D eigenvalue weighted by Crippen LogP contribution is 2.40. The molecule has 1 aliphatic carbocycles. The van der Waals surface area contributed by atoms with Crippen LogP contribution in [0.25, 0.3) is 0 Å². The molecule has 0 bridgehead atoms. The zero-order chi connectivity index (χ0) is 15.5. The Morgan fingerprint density at radius 2 is 2.32 bits per heavy atom. The Kier molecular flexibility index (Phi) is 4.19. The van der Waals surface area contributed by atoms with Gasteiger partial charge < -0.3 is 9.26 Å². The highest BCUT2D eigenvalue weighted by Gasteiger charge is 2.29. The van der Waals surface area contributed by atoms with Crippen LogP contribution in [0.15, 0.2) is 16.0 Å². The highest BCUT2D eigenvalue weighted by molar-refractivity contribution is 7.14. The average molecular weight is 321 g/mol. The van der Waals surface area contributed by atoms with Crippen molar-refractivity contribution < 1.29 is 18.8 Å². The molecule has 1 fully saturated rings. The molecule has 2 aromatic heterocycles. The van der Waals surface area contributed by atoms with E-state index in [0.717, 1.165) is 18.6 Å². The molecule has 116 valence electrons. The number of ether oxygens (including phenoxy) is 1. The average Bonchev–Trinajstić information content (AvgIpc) is 3.05. The molecule has 0 aromatic carbocycles. The van der Waals surface area contributed by atoms with Crippen molar-refractivity contribution in [2.24, 2.45) is 0 Å². The lowest BCUT2D eigenvalue weighted by Crippen LogP contribution is -2.12. The van der Waals surface area contributed by atoms with Crippen LogP contribution in [0.1, 0.15) is 47.6 Å². The second-order valence-corrected chi connectivity index (χ2v) is 5.83. The molecule has 3 rings (SSSR count). The van der Waals surface area contributed by atoms with E-state index < -0.39 is 0 Å². The minimum absolute atomic E-state index is 0.0933. The zero-order valence-corrected chi connectivity index (χ0v) is 12.8. The van der Waals surface area contributed by atoms with Gasteiger partial charge in [0.1, 0.15) is 5.76 Å². The van der Waals surface area contributed by atoms with E-state index in [1.807, 2.05) is 0 Å². The predicted octanol–water partition coefficient (Wildman–Crippen LogP) is 2.37. The summed E-state index contributed by atoms with van der Waals surface area (Å²) in [6.45, 7) is 2.08. The van der Waals surface area contributed by atoms with Crippen molar-refractivity contribution in [2.45, 2.75) is 32.1 Å². The van der Waals surface area contributed by atoms with Gasteiger partial charge in [-0.25, -0.2) is 4.98 Å². The van der Waals surface area contributed by atoms with Gasteiger partial charge in [-0.15, -0.1) is 11.3 Å². The second kappa shape index (κ2) is 6.27. The maximum Gasteiger partial charge on any atom is 0.311 e. The fourth-order valence-electron chi connectivity index (χ4n) is 1.92. The first-order valence-corrected chi connectivity index (χ1v) is 7.91. The molecule has 1 amide bonds. The van der Waals surface area contributed by atoms with Gasteiger partial charge in [0, 0.05) is 17.4 Å². The number of esters is 1. The summed E-state index contributed by atoms with van der Waals surface area (Å²) < 4.78 is 10.00. The quantitative estimate of drug-likeness (QED) is 0.821. The Bertz CT molecular complexity index is 690. The van der Waals surface area contributed by atoms with Gasteiger partial charge in [0.05, 0.1) is 18.7 Å². The number of rotatable bonds is 6. The molecule has 8 heteroatoms. The lowest BCUT2D eigenvalue weighted by atomic mass is 10.3. The van der Waals surface area contributed by atoms with E-state index in [1.165, 1.54) is 11.3 Å². The molecule has 0 atom stereocenters. The summed E-state index contributed by atoms with van der Waals surface area (Å²) in [5, 5.41) is 8.55. The van der Waals surface area contributed by atoms with Crippen molar-refractivity contribution in [3.8, 4) is 0 Å². The smallest absolute Gasteiger partial charge is 0.311 e. The van der Waals surface area contributed by atoms with Gasteiger partial charge in [-0.1, -0.05) is 5.16 Å². The van der Waals surface area contributed by atoms with Crippen molar-refractivity contribution in [2.75, 3.05) is 11.9 Å². The molecule has 1 N–H and O–H groups in total. The van der Waals surface area contributed by atoms with E-state index in [9.17, 15) is 9.59 Å². The van der Waals surface area contributed by atoms with Crippen LogP contribution in [0.5, 0.6) is 0 Å². The van der Waals surface area contributed by atoms with E-state index in [0.29, 0.717) is 23.4 Å². The molecule has 1 aliphatic rings. The number of amides is 1. The minimum atomic E-state index is -0.368. The number of carbonyl (C=O) groups excluding carboxylic acids is 2. The molecule has 2 aromatic rings. The van der Waals surface area contributed by atoms with Crippen LogP contribution in [0, 0.1) is 0 Å². The number of nitrogens with zero attached hydrogens (tertiary/aromatic N) is 2. The molecule has 0 aliphatic heterocycles. The molecule has 2 heterocycles. The monoisotopic (exact) mass is 321 g/mol. The third-order valence-electron chi connectivity index (χ3n) is 3.14. The first-order chi connectivity index (χ1) is 10.7. The van der Waals surface area contributed by atoms with Gasteiger partial charge in [-0.05, 0) is 19.8 Å². The molecule has 0 unspecified atom stereocenters. The lowest BCUT2D eigenvalue weighted by Gasteiger charge is -1.98. The number of carbonyl (C=O) groups is 2. The summed E-state index contributed by atoms with van der Waals surface area (Å²) in [5.41, 5.74) is 0.807. The maximum atomic E-state index is 12.0. The first-order valence-electron chi connectivity index (χ1n) is 7.03. The number of anilines is 1. The van der Waals surface area contributed by atoms with E-state index >= 15 is 0 Å². The van der Waals surface area contributed by atoms with Crippen molar-refractivity contribution in [1.82, 2.24) is 10.1 Å². The fourth-order valence-corrected chi connectivity index (χ4v) is 2.63. The van der Waals surface area contributed by atoms with Gasteiger partial charge in [0.25, 0.3) is 5.91 Å². The number of aromatic nitrogens is 2. The standard InChI is InChI=1S/C14H15N3O4S/c1-2-20-12(18)5-9-7-22-14(15-9)16-13(19)10-6-11(21-17-10)8-3-4-8/h6-8H,2-5H2,1H3,(H,15,16,19). The number of thiazole rings is 1. The van der Waals surface area contributed by atoms with Crippen molar-refractivity contribution in [1.29, 1.82) is 0 Å². The third kappa shape index (κ3) is 3.51. The predicted molar refractivity (Wildman–Crippen MR) is 78.9 cm³/mol. The molecular formula is C14H15N3O4S. The summed E-state index contributed by atoms with van der Waals surface area (Å²) >= 11 is 1.25. The first kappa shape index (κ1) is 14.7. The van der Waals surface area contributed by atoms with Crippen molar-refractivity contribution in [3.63, 3.8) is 0 Å². The van der Waals surface area contributed by atoms with Gasteiger partial charge in [0.2, 0.25) is 0 Å². The van der Waals surface area contributed by atoms with Gasteiger partial charge in [-0.3, -0.25) is 14.9 Å². The van der Waals surface area contributed by atoms with Gasteiger partial charge in [0.15, 0.2) is 10.8 Å². The summed E-state index contributed by atoms with van der Waals surface area (Å²) in [4.78, 5) is 27.6. The normalized spacial score (nSPS) is 13.9. The van der Waals surface area contributed by atoms with E-state index in [1.54, 1.807) is 18.4 Å². The molecule has 0 saturated heterocycles. The van der Waals surface area contributed by atoms with Crippen LogP contribution in [0.3, 0.4) is 0 Å². The minimum Gasteiger partial charge on any atom is -0.466 e. The maximum absolute atomic E-state index is 12.0. The van der Waals surface area contributed by atoms with Crippen LogP contribution in [0.2, 0.25) is 0 Å². The summed E-state index contributed by atoms with van der Waals surface area (Å²) in [6, 6.07) is 1.67. The topological polar surface area (TPSA) is 94.3 Å². The summed E-state index contributed by atoms with van der Waals surface area (Å²) in [7, 11) is 0. The SMILES string of the molecule is CCOC(=O)Cc1csc(NC(=O)c2cc(C3CC3)on2)n1. The Labute approximate surface area is 130 Å². The number of hydrogen-bond donors (Lipinski definition) is 1. The Hall–Kier alpha value is -2.22. The summed E-state index contributed by atoms with van der Waals surface area (Å²) in [5.74, 6) is 0.460. The largest absolute Gasteiger partial charge is 0.466 e. The lowest BCUT2D eigenvalue weighted by molar-refractivity contribution is -0.142. The van der Waals surface area contributed by atoms with Crippen LogP contribution < -0.4 is 5.32 Å². The van der Waals surface area contributed by atoms with Crippen LogP contribution in [0.4, 0.5) is 5.13 Å². The van der Waals surface area contributed by atoms with Crippen molar-refractivity contribution >= 4 is 28.3 Å². The Morgan fingerprint density at radius 1 is 1.50 bits per heavy atom. The molecular weight excluding hydrogens is 306 g/mol. The molecule has 0 spiro atoms. The van der Waals surface area contributed by atoms with Gasteiger partial charge in [-0.2, -0.15) is 0 Å². The molecule has 22 heavy (non-hydrogen) atoms. The molecule has 1 saturated carbocycles. The molecule has 7 nitrogen and oxygen atoms in total. The van der Waals surface area contributed by atoms with Crippen LogP contribution in [-0.2, 0) is 16.0 Å². The third-order valence-corrected chi connectivity index (χ3v) is 3.95. The van der Waals surface area contributed by atoms with Crippen LogP contribution >= 0.6 is 11.3 Å². The Morgan fingerprint density at radius 3 is 3.05 bits per heavy atom. The fraction of sp³-hybridized carbons (Fsp3) is 0.429. The molecule has 0 radical (unpaired) electrons. The number of hydrogen-bond acceptors (Lipinski definition) is 7. The number of nitrogens with one attached hydrogen (secondary N) is 1. The highest BCUT2D eigenvalue weighted by atomic mass is 32.1. The van der Waals surface area contributed by atoms with Crippen LogP contribution in [-0.4, -0.2) is 28.6 Å². The Balaban J connectivity index is 1.59. The second-order valence-electron chi connectivity index (χ2n) is 4.97. The van der Waals surface area contributed by atoms with Gasteiger partial charge >= 0.3 is 5.97 Å². The zero-order valence-electron chi connectivity index (χ0n) is 12.0. The van der Waals surface area contributed by atoms with E-state index in [2.05, 4.69) is 15.5 Å².